The van der Waals surface area contributed by atoms with Crippen molar-refractivity contribution in [3.63, 3.8) is 0 Å². The monoisotopic (exact) mass is 530 g/mol. The molecule has 0 heterocycles. The molecule has 0 aliphatic heterocycles. The Kier molecular flexibility index (Phi) is 7.79. The SMILES string of the molecule is CS(=O)(=O)OCCOc1ccc2ccccc2c1-c1c(OCCOS(C)(=O)=O)ccc2ccccc12. The first-order chi connectivity index (χ1) is 17.1. The molecule has 36 heavy (non-hydrogen) atoms. The molecule has 0 spiro atoms. The fourth-order valence-corrected chi connectivity index (χ4v) is 4.68. The Labute approximate surface area is 210 Å². The van der Waals surface area contributed by atoms with E-state index in [1.54, 1.807) is 0 Å². The Hall–Kier alpha value is -3.18. The minimum Gasteiger partial charge on any atom is -0.490 e. The van der Waals surface area contributed by atoms with Crippen molar-refractivity contribution < 1.29 is 34.7 Å². The summed E-state index contributed by atoms with van der Waals surface area (Å²) in [4.78, 5) is 0. The van der Waals surface area contributed by atoms with E-state index < -0.39 is 20.2 Å². The maximum Gasteiger partial charge on any atom is 0.264 e. The second kappa shape index (κ2) is 10.8. The highest BCUT2D eigenvalue weighted by atomic mass is 32.2. The summed E-state index contributed by atoms with van der Waals surface area (Å²) in [5.74, 6) is 1.05. The summed E-state index contributed by atoms with van der Waals surface area (Å²) >= 11 is 0. The molecule has 0 aliphatic carbocycles. The van der Waals surface area contributed by atoms with Gasteiger partial charge in [0.25, 0.3) is 20.2 Å². The van der Waals surface area contributed by atoms with Crippen LogP contribution in [0.5, 0.6) is 11.5 Å². The molecule has 0 aliphatic rings. The van der Waals surface area contributed by atoms with Crippen LogP contribution in [0.4, 0.5) is 0 Å². The molecule has 0 saturated heterocycles. The van der Waals surface area contributed by atoms with Gasteiger partial charge in [-0.25, -0.2) is 0 Å². The van der Waals surface area contributed by atoms with E-state index >= 15 is 0 Å². The molecule has 0 bridgehead atoms. The highest BCUT2D eigenvalue weighted by Gasteiger charge is 2.19. The van der Waals surface area contributed by atoms with Crippen molar-refractivity contribution in [2.75, 3.05) is 38.9 Å². The minimum atomic E-state index is -3.59. The van der Waals surface area contributed by atoms with Crippen LogP contribution in [0.15, 0.2) is 72.8 Å². The van der Waals surface area contributed by atoms with Crippen LogP contribution in [0.25, 0.3) is 32.7 Å². The van der Waals surface area contributed by atoms with Crippen LogP contribution in [0.1, 0.15) is 0 Å². The van der Waals surface area contributed by atoms with E-state index in [2.05, 4.69) is 0 Å². The van der Waals surface area contributed by atoms with Crippen molar-refractivity contribution in [1.82, 2.24) is 0 Å². The lowest BCUT2D eigenvalue weighted by atomic mass is 9.92. The van der Waals surface area contributed by atoms with Gasteiger partial charge in [-0.15, -0.1) is 0 Å². The van der Waals surface area contributed by atoms with Crippen LogP contribution in [-0.2, 0) is 28.6 Å². The van der Waals surface area contributed by atoms with Gasteiger partial charge in [-0.2, -0.15) is 16.8 Å². The quantitative estimate of drug-likeness (QED) is 0.208. The van der Waals surface area contributed by atoms with E-state index in [4.69, 9.17) is 17.8 Å². The molecular weight excluding hydrogens is 504 g/mol. The molecule has 0 amide bonds. The third kappa shape index (κ3) is 6.52. The van der Waals surface area contributed by atoms with E-state index in [0.717, 1.165) is 45.2 Å². The largest absolute Gasteiger partial charge is 0.490 e. The zero-order valence-electron chi connectivity index (χ0n) is 19.8. The molecule has 4 aromatic rings. The number of hydrogen-bond acceptors (Lipinski definition) is 8. The fraction of sp³-hybridized carbons (Fsp3) is 0.231. The predicted octanol–water partition coefficient (Wildman–Crippen LogP) is 4.37. The van der Waals surface area contributed by atoms with Crippen molar-refractivity contribution in [1.29, 1.82) is 0 Å². The van der Waals surface area contributed by atoms with E-state index in [1.807, 2.05) is 72.8 Å². The Balaban J connectivity index is 1.82. The maximum absolute atomic E-state index is 11.3. The van der Waals surface area contributed by atoms with Gasteiger partial charge >= 0.3 is 0 Å². The zero-order valence-corrected chi connectivity index (χ0v) is 21.5. The molecule has 0 atom stereocenters. The van der Waals surface area contributed by atoms with Gasteiger partial charge < -0.3 is 9.47 Å². The fourth-order valence-electron chi connectivity index (χ4n) is 3.93. The lowest BCUT2D eigenvalue weighted by molar-refractivity contribution is 0.221. The highest BCUT2D eigenvalue weighted by Crippen LogP contribution is 2.45. The van der Waals surface area contributed by atoms with Gasteiger partial charge in [0.2, 0.25) is 0 Å². The maximum atomic E-state index is 11.3. The minimum absolute atomic E-state index is 0.0154. The van der Waals surface area contributed by atoms with Crippen LogP contribution < -0.4 is 9.47 Å². The van der Waals surface area contributed by atoms with Crippen LogP contribution >= 0.6 is 0 Å². The highest BCUT2D eigenvalue weighted by molar-refractivity contribution is 7.86. The smallest absolute Gasteiger partial charge is 0.264 e. The normalized spacial score (nSPS) is 12.2. The number of hydrogen-bond donors (Lipinski definition) is 0. The molecule has 0 aromatic heterocycles. The van der Waals surface area contributed by atoms with Crippen molar-refractivity contribution in [2.45, 2.75) is 0 Å². The molecule has 4 rings (SSSR count). The van der Waals surface area contributed by atoms with Crippen LogP contribution in [0.3, 0.4) is 0 Å². The molecule has 0 radical (unpaired) electrons. The van der Waals surface area contributed by atoms with Crippen molar-refractivity contribution in [3.05, 3.63) is 72.8 Å². The standard InChI is InChI=1S/C26H26O8S2/c1-35(27,28)33-17-15-31-23-13-11-19-7-3-5-9-21(19)25(23)26-22-10-6-4-8-20(22)12-14-24(26)32-16-18-34-36(2,29)30/h3-14H,15-18H2,1-2H3. The van der Waals surface area contributed by atoms with Gasteiger partial charge in [-0.3, -0.25) is 8.37 Å². The summed E-state index contributed by atoms with van der Waals surface area (Å²) in [6, 6.07) is 23.2. The summed E-state index contributed by atoms with van der Waals surface area (Å²) in [5.41, 5.74) is 1.53. The number of ether oxygens (including phenoxy) is 2. The molecule has 0 unspecified atom stereocenters. The zero-order chi connectivity index (χ0) is 25.8. The third-order valence-corrected chi connectivity index (χ3v) is 6.50. The van der Waals surface area contributed by atoms with Gasteiger partial charge in [0.1, 0.15) is 37.9 Å². The van der Waals surface area contributed by atoms with Gasteiger partial charge in [0, 0.05) is 11.1 Å². The first kappa shape index (κ1) is 25.9. The van der Waals surface area contributed by atoms with E-state index in [0.29, 0.717) is 11.5 Å². The number of benzene rings is 4. The second-order valence-electron chi connectivity index (χ2n) is 8.07. The first-order valence-corrected chi connectivity index (χ1v) is 14.7. The molecule has 4 aromatic carbocycles. The number of rotatable bonds is 11. The Bertz CT molecular complexity index is 1470. The molecule has 190 valence electrons. The van der Waals surface area contributed by atoms with E-state index in [9.17, 15) is 16.8 Å². The Morgan fingerprint density at radius 1 is 0.528 bits per heavy atom. The summed E-state index contributed by atoms with van der Waals surface area (Å²) in [5, 5.41) is 3.78. The lowest BCUT2D eigenvalue weighted by Gasteiger charge is -2.19. The van der Waals surface area contributed by atoms with Gasteiger partial charge in [0.15, 0.2) is 0 Å². The number of fused-ring (bicyclic) bond motifs is 2. The molecule has 0 saturated carbocycles. The topological polar surface area (TPSA) is 105 Å². The third-order valence-electron chi connectivity index (χ3n) is 5.31. The van der Waals surface area contributed by atoms with Crippen LogP contribution in [0.2, 0.25) is 0 Å². The van der Waals surface area contributed by atoms with E-state index in [1.165, 1.54) is 0 Å². The van der Waals surface area contributed by atoms with Crippen molar-refractivity contribution in [3.8, 4) is 22.6 Å². The molecule has 0 fully saturated rings. The average Bonchev–Trinajstić information content (AvgIpc) is 2.83. The molecule has 10 heteroatoms. The summed E-state index contributed by atoms with van der Waals surface area (Å²) < 4.78 is 67.1. The van der Waals surface area contributed by atoms with Gasteiger partial charge in [-0.1, -0.05) is 60.7 Å². The van der Waals surface area contributed by atoms with E-state index in [-0.39, 0.29) is 26.4 Å². The molecule has 8 nitrogen and oxygen atoms in total. The second-order valence-corrected chi connectivity index (χ2v) is 11.4. The summed E-state index contributed by atoms with van der Waals surface area (Å²) in [6.45, 7) is -0.233. The van der Waals surface area contributed by atoms with Gasteiger partial charge in [-0.05, 0) is 33.7 Å². The van der Waals surface area contributed by atoms with Crippen LogP contribution in [0, 0.1) is 0 Å². The average molecular weight is 531 g/mol. The predicted molar refractivity (Wildman–Crippen MR) is 139 cm³/mol. The molecular formula is C26H26O8S2. The first-order valence-electron chi connectivity index (χ1n) is 11.1. The van der Waals surface area contributed by atoms with Crippen molar-refractivity contribution >= 4 is 41.8 Å². The molecule has 0 N–H and O–H groups in total. The van der Waals surface area contributed by atoms with Crippen LogP contribution in [-0.4, -0.2) is 55.8 Å². The van der Waals surface area contributed by atoms with Crippen molar-refractivity contribution in [2.24, 2.45) is 0 Å². The summed E-state index contributed by atoms with van der Waals surface area (Å²) in [6.07, 6.45) is 1.98. The van der Waals surface area contributed by atoms with Gasteiger partial charge in [0.05, 0.1) is 12.5 Å². The Morgan fingerprint density at radius 3 is 1.31 bits per heavy atom. The Morgan fingerprint density at radius 2 is 0.917 bits per heavy atom. The lowest BCUT2D eigenvalue weighted by Crippen LogP contribution is -2.12. The summed E-state index contributed by atoms with van der Waals surface area (Å²) in [7, 11) is -7.18.